The van der Waals surface area contributed by atoms with Crippen molar-refractivity contribution in [3.8, 4) is 11.5 Å². The molecule has 0 N–H and O–H groups in total. The summed E-state index contributed by atoms with van der Waals surface area (Å²) in [5.74, 6) is -3.74. The highest BCUT2D eigenvalue weighted by Gasteiger charge is 2.27. The van der Waals surface area contributed by atoms with Crippen LogP contribution in [0.4, 0.5) is 18.9 Å². The number of benzene rings is 2. The average molecular weight is 380 g/mol. The molecule has 1 saturated heterocycles. The molecule has 3 rings (SSSR count). The monoisotopic (exact) mass is 380 g/mol. The van der Waals surface area contributed by atoms with E-state index in [9.17, 15) is 18.0 Å². The summed E-state index contributed by atoms with van der Waals surface area (Å²) in [6.07, 6.45) is 0. The Kier molecular flexibility index (Phi) is 5.43. The van der Waals surface area contributed by atoms with Crippen molar-refractivity contribution in [2.75, 3.05) is 45.3 Å². The van der Waals surface area contributed by atoms with Gasteiger partial charge in [-0.25, -0.2) is 13.2 Å². The summed E-state index contributed by atoms with van der Waals surface area (Å²) in [6, 6.07) is 7.14. The Morgan fingerprint density at radius 3 is 2.26 bits per heavy atom. The van der Waals surface area contributed by atoms with Crippen LogP contribution in [-0.4, -0.2) is 51.2 Å². The van der Waals surface area contributed by atoms with Crippen molar-refractivity contribution >= 4 is 11.6 Å². The smallest absolute Gasteiger partial charge is 0.257 e. The van der Waals surface area contributed by atoms with Gasteiger partial charge in [-0.3, -0.25) is 4.79 Å². The predicted octanol–water partition coefficient (Wildman–Crippen LogP) is 3.08. The van der Waals surface area contributed by atoms with Crippen LogP contribution in [0.3, 0.4) is 0 Å². The van der Waals surface area contributed by atoms with E-state index in [0.717, 1.165) is 17.8 Å². The number of halogens is 3. The van der Waals surface area contributed by atoms with Crippen LogP contribution >= 0.6 is 0 Å². The number of hydrogen-bond donors (Lipinski definition) is 0. The van der Waals surface area contributed by atoms with E-state index in [2.05, 4.69) is 0 Å². The highest BCUT2D eigenvalue weighted by atomic mass is 19.2. The van der Waals surface area contributed by atoms with Gasteiger partial charge in [-0.05, 0) is 24.3 Å². The summed E-state index contributed by atoms with van der Waals surface area (Å²) in [7, 11) is 3.13. The fourth-order valence-electron chi connectivity index (χ4n) is 3.06. The molecule has 8 heteroatoms. The van der Waals surface area contributed by atoms with E-state index in [4.69, 9.17) is 9.47 Å². The molecule has 0 radical (unpaired) electrons. The van der Waals surface area contributed by atoms with Crippen molar-refractivity contribution in [2.24, 2.45) is 0 Å². The van der Waals surface area contributed by atoms with E-state index in [0.29, 0.717) is 37.7 Å². The Hall–Kier alpha value is -2.90. The van der Waals surface area contributed by atoms with E-state index >= 15 is 0 Å². The molecule has 1 heterocycles. The summed E-state index contributed by atoms with van der Waals surface area (Å²) < 4.78 is 51.0. The largest absolute Gasteiger partial charge is 0.497 e. The zero-order valence-corrected chi connectivity index (χ0v) is 15.0. The fourth-order valence-corrected chi connectivity index (χ4v) is 3.06. The highest BCUT2D eigenvalue weighted by Crippen LogP contribution is 2.33. The maximum Gasteiger partial charge on any atom is 0.257 e. The Morgan fingerprint density at radius 1 is 0.926 bits per heavy atom. The molecule has 1 aliphatic heterocycles. The Balaban J connectivity index is 1.74. The fraction of sp³-hybridized carbons (Fsp3) is 0.316. The molecule has 1 fully saturated rings. The van der Waals surface area contributed by atoms with Crippen LogP contribution in [0, 0.1) is 17.5 Å². The topological polar surface area (TPSA) is 42.0 Å². The van der Waals surface area contributed by atoms with Crippen molar-refractivity contribution in [2.45, 2.75) is 0 Å². The number of amides is 1. The zero-order valence-electron chi connectivity index (χ0n) is 15.0. The second kappa shape index (κ2) is 7.77. The van der Waals surface area contributed by atoms with Crippen molar-refractivity contribution in [3.63, 3.8) is 0 Å². The lowest BCUT2D eigenvalue weighted by Crippen LogP contribution is -2.49. The van der Waals surface area contributed by atoms with Crippen molar-refractivity contribution < 1.29 is 27.4 Å². The first-order valence-electron chi connectivity index (χ1n) is 8.36. The number of anilines is 1. The molecule has 0 saturated carbocycles. The van der Waals surface area contributed by atoms with Gasteiger partial charge in [-0.15, -0.1) is 0 Å². The van der Waals surface area contributed by atoms with Crippen LogP contribution < -0.4 is 14.4 Å². The Bertz CT molecular complexity index is 852. The van der Waals surface area contributed by atoms with E-state index in [1.807, 2.05) is 11.0 Å². The highest BCUT2D eigenvalue weighted by molar-refractivity contribution is 5.94. The second-order valence-electron chi connectivity index (χ2n) is 6.04. The molecular formula is C19H19F3N2O3. The van der Waals surface area contributed by atoms with E-state index in [-0.39, 0.29) is 0 Å². The van der Waals surface area contributed by atoms with Crippen LogP contribution in [0.1, 0.15) is 10.4 Å². The van der Waals surface area contributed by atoms with Gasteiger partial charge in [-0.2, -0.15) is 0 Å². The van der Waals surface area contributed by atoms with Gasteiger partial charge in [-0.1, -0.05) is 0 Å². The molecule has 0 atom stereocenters. The minimum Gasteiger partial charge on any atom is -0.497 e. The van der Waals surface area contributed by atoms with Crippen molar-refractivity contribution in [1.29, 1.82) is 0 Å². The molecule has 0 unspecified atom stereocenters. The molecule has 1 amide bonds. The molecule has 0 bridgehead atoms. The third kappa shape index (κ3) is 3.65. The van der Waals surface area contributed by atoms with Crippen LogP contribution in [0.2, 0.25) is 0 Å². The van der Waals surface area contributed by atoms with Crippen molar-refractivity contribution in [3.05, 3.63) is 53.3 Å². The van der Waals surface area contributed by atoms with E-state index in [1.54, 1.807) is 26.4 Å². The van der Waals surface area contributed by atoms with Gasteiger partial charge in [0.25, 0.3) is 5.91 Å². The van der Waals surface area contributed by atoms with E-state index in [1.165, 1.54) is 4.90 Å². The Morgan fingerprint density at radius 2 is 1.63 bits per heavy atom. The molecule has 27 heavy (non-hydrogen) atoms. The first-order valence-corrected chi connectivity index (χ1v) is 8.36. The summed E-state index contributed by atoms with van der Waals surface area (Å²) in [5.41, 5.74) is 0.351. The number of piperazine rings is 1. The summed E-state index contributed by atoms with van der Waals surface area (Å²) in [4.78, 5) is 15.9. The molecule has 0 aromatic heterocycles. The Labute approximate surface area is 154 Å². The number of ether oxygens (including phenoxy) is 2. The molecular weight excluding hydrogens is 361 g/mol. The number of carbonyl (C=O) groups excluding carboxylic acids is 1. The van der Waals surface area contributed by atoms with Crippen LogP contribution in [0.5, 0.6) is 11.5 Å². The minimum atomic E-state index is -1.64. The second-order valence-corrected chi connectivity index (χ2v) is 6.04. The lowest BCUT2D eigenvalue weighted by atomic mass is 10.1. The number of methoxy groups -OCH3 is 2. The van der Waals surface area contributed by atoms with Gasteiger partial charge in [0.05, 0.1) is 25.5 Å². The molecule has 5 nitrogen and oxygen atoms in total. The SMILES string of the molecule is COc1ccc(OC)c(N2CCN(C(=O)c3ccc(F)c(F)c3F)CC2)c1. The normalized spacial score (nSPS) is 14.3. The minimum absolute atomic E-state index is 0.303. The third-order valence-corrected chi connectivity index (χ3v) is 4.56. The first-order chi connectivity index (χ1) is 13.0. The van der Waals surface area contributed by atoms with Gasteiger partial charge in [0.2, 0.25) is 0 Å². The molecule has 1 aliphatic rings. The molecule has 0 spiro atoms. The molecule has 144 valence electrons. The molecule has 2 aromatic carbocycles. The van der Waals surface area contributed by atoms with Gasteiger partial charge < -0.3 is 19.3 Å². The van der Waals surface area contributed by atoms with Gasteiger partial charge in [0.15, 0.2) is 17.5 Å². The van der Waals surface area contributed by atoms with Gasteiger partial charge in [0.1, 0.15) is 11.5 Å². The van der Waals surface area contributed by atoms with Gasteiger partial charge >= 0.3 is 0 Å². The average Bonchev–Trinajstić information content (AvgIpc) is 2.71. The summed E-state index contributed by atoms with van der Waals surface area (Å²) in [5, 5.41) is 0. The van der Waals surface area contributed by atoms with Crippen LogP contribution in [0.15, 0.2) is 30.3 Å². The standard InChI is InChI=1S/C19H19F3N2O3/c1-26-12-3-6-16(27-2)15(11-12)23-7-9-24(10-8-23)19(25)13-4-5-14(20)18(22)17(13)21/h3-6,11H,7-10H2,1-2H3. The van der Waals surface area contributed by atoms with Crippen molar-refractivity contribution in [1.82, 2.24) is 4.90 Å². The lowest BCUT2D eigenvalue weighted by Gasteiger charge is -2.36. The summed E-state index contributed by atoms with van der Waals surface area (Å²) in [6.45, 7) is 1.55. The number of nitrogens with zero attached hydrogens (tertiary/aromatic N) is 2. The lowest BCUT2D eigenvalue weighted by molar-refractivity contribution is 0.0740. The third-order valence-electron chi connectivity index (χ3n) is 4.56. The number of rotatable bonds is 4. The summed E-state index contributed by atoms with van der Waals surface area (Å²) >= 11 is 0. The maximum atomic E-state index is 13.9. The number of hydrogen-bond acceptors (Lipinski definition) is 4. The molecule has 2 aromatic rings. The van der Waals surface area contributed by atoms with Gasteiger partial charge in [0, 0.05) is 32.2 Å². The first kappa shape index (κ1) is 18.9. The predicted molar refractivity (Wildman–Crippen MR) is 94.0 cm³/mol. The quantitative estimate of drug-likeness (QED) is 0.765. The van der Waals surface area contributed by atoms with Crippen LogP contribution in [-0.2, 0) is 0 Å². The maximum absolute atomic E-state index is 13.9. The van der Waals surface area contributed by atoms with Crippen LogP contribution in [0.25, 0.3) is 0 Å². The number of carbonyl (C=O) groups is 1. The van der Waals surface area contributed by atoms with E-state index < -0.39 is 28.9 Å². The molecule has 0 aliphatic carbocycles. The zero-order chi connectivity index (χ0) is 19.6.